The van der Waals surface area contributed by atoms with E-state index in [9.17, 15) is 9.00 Å². The summed E-state index contributed by atoms with van der Waals surface area (Å²) in [6.45, 7) is 1.89. The van der Waals surface area contributed by atoms with Gasteiger partial charge in [0.15, 0.2) is 0 Å². The van der Waals surface area contributed by atoms with E-state index in [-0.39, 0.29) is 17.6 Å². The molecule has 0 aliphatic rings. The standard InChI is InChI=1S/C21H22N2O3S/c1-15(27(25)18-10-8-17(26-2)9-11-18)7-12-20(24)23-21-19-6-4-3-5-16(19)13-14-22-21/h3-6,8-11,13-15H,7,12H2,1-2H3,(H,22,23,24). The van der Waals surface area contributed by atoms with E-state index in [2.05, 4.69) is 10.3 Å². The van der Waals surface area contributed by atoms with Crippen LogP contribution >= 0.6 is 0 Å². The molecule has 2 unspecified atom stereocenters. The molecule has 1 heterocycles. The maximum atomic E-state index is 12.6. The number of fused-ring (bicyclic) bond motifs is 1. The number of amides is 1. The van der Waals surface area contributed by atoms with Crippen LogP contribution in [0.5, 0.6) is 5.75 Å². The number of pyridine rings is 1. The summed E-state index contributed by atoms with van der Waals surface area (Å²) in [5, 5.41) is 4.66. The molecule has 140 valence electrons. The number of nitrogens with zero attached hydrogens (tertiary/aromatic N) is 1. The van der Waals surface area contributed by atoms with Gasteiger partial charge in [0.05, 0.1) is 17.9 Å². The molecule has 1 aromatic heterocycles. The molecule has 0 saturated carbocycles. The van der Waals surface area contributed by atoms with Crippen molar-refractivity contribution in [3.8, 4) is 5.75 Å². The van der Waals surface area contributed by atoms with Crippen LogP contribution in [-0.4, -0.2) is 27.5 Å². The van der Waals surface area contributed by atoms with Crippen molar-refractivity contribution in [2.75, 3.05) is 12.4 Å². The molecule has 2 aromatic carbocycles. The van der Waals surface area contributed by atoms with Gasteiger partial charge in [-0.25, -0.2) is 4.98 Å². The highest BCUT2D eigenvalue weighted by Gasteiger charge is 2.16. The van der Waals surface area contributed by atoms with Crippen molar-refractivity contribution in [1.29, 1.82) is 0 Å². The highest BCUT2D eigenvalue weighted by Crippen LogP contribution is 2.22. The minimum absolute atomic E-state index is 0.127. The molecule has 3 rings (SSSR count). The molecular weight excluding hydrogens is 360 g/mol. The topological polar surface area (TPSA) is 68.3 Å². The molecule has 0 aliphatic heterocycles. The molecule has 0 radical (unpaired) electrons. The lowest BCUT2D eigenvalue weighted by atomic mass is 10.1. The smallest absolute Gasteiger partial charge is 0.225 e. The van der Waals surface area contributed by atoms with E-state index in [4.69, 9.17) is 4.74 Å². The molecule has 3 aromatic rings. The molecule has 0 saturated heterocycles. The lowest BCUT2D eigenvalue weighted by Crippen LogP contribution is -2.18. The number of anilines is 1. The third-order valence-corrected chi connectivity index (χ3v) is 6.07. The van der Waals surface area contributed by atoms with Crippen LogP contribution in [0.25, 0.3) is 10.8 Å². The van der Waals surface area contributed by atoms with E-state index in [1.807, 2.05) is 37.3 Å². The SMILES string of the molecule is COc1ccc(S(=O)C(C)CCC(=O)Nc2nccc3ccccc23)cc1. The predicted molar refractivity (Wildman–Crippen MR) is 108 cm³/mol. The fraction of sp³-hybridized carbons (Fsp3) is 0.238. The first kappa shape index (κ1) is 19.0. The number of hydrogen-bond donors (Lipinski definition) is 1. The number of methoxy groups -OCH3 is 1. The molecule has 0 fully saturated rings. The van der Waals surface area contributed by atoms with Gasteiger partial charge in [0.25, 0.3) is 0 Å². The molecule has 27 heavy (non-hydrogen) atoms. The summed E-state index contributed by atoms with van der Waals surface area (Å²) in [6.07, 6.45) is 2.49. The molecule has 6 heteroatoms. The molecule has 1 N–H and O–H groups in total. The van der Waals surface area contributed by atoms with E-state index < -0.39 is 10.8 Å². The predicted octanol–water partition coefficient (Wildman–Crippen LogP) is 4.16. The van der Waals surface area contributed by atoms with Gasteiger partial charge in [-0.2, -0.15) is 0 Å². The molecule has 0 bridgehead atoms. The maximum absolute atomic E-state index is 12.6. The second-order valence-corrected chi connectivity index (χ2v) is 8.12. The van der Waals surface area contributed by atoms with E-state index in [0.717, 1.165) is 21.4 Å². The lowest BCUT2D eigenvalue weighted by Gasteiger charge is -2.12. The number of aromatic nitrogens is 1. The van der Waals surface area contributed by atoms with E-state index in [1.165, 1.54) is 0 Å². The van der Waals surface area contributed by atoms with Crippen molar-refractivity contribution in [1.82, 2.24) is 4.98 Å². The van der Waals surface area contributed by atoms with Gasteiger partial charge in [-0.15, -0.1) is 0 Å². The fourth-order valence-corrected chi connectivity index (χ4v) is 4.00. The van der Waals surface area contributed by atoms with Crippen molar-refractivity contribution < 1.29 is 13.7 Å². The second kappa shape index (κ2) is 8.77. The quantitative estimate of drug-likeness (QED) is 0.666. The summed E-state index contributed by atoms with van der Waals surface area (Å²) in [5.41, 5.74) is 0. The number of ether oxygens (including phenoxy) is 1. The van der Waals surface area contributed by atoms with Crippen molar-refractivity contribution in [3.63, 3.8) is 0 Å². The van der Waals surface area contributed by atoms with Gasteiger partial charge in [-0.1, -0.05) is 31.2 Å². The van der Waals surface area contributed by atoms with Crippen molar-refractivity contribution in [2.24, 2.45) is 0 Å². The molecule has 5 nitrogen and oxygen atoms in total. The minimum Gasteiger partial charge on any atom is -0.497 e. The minimum atomic E-state index is -1.17. The van der Waals surface area contributed by atoms with Gasteiger partial charge in [0.1, 0.15) is 11.6 Å². The molecular formula is C21H22N2O3S. The molecule has 0 aliphatic carbocycles. The monoisotopic (exact) mass is 382 g/mol. The van der Waals surface area contributed by atoms with Crippen molar-refractivity contribution in [3.05, 3.63) is 60.8 Å². The Morgan fingerprint density at radius 3 is 2.63 bits per heavy atom. The average molecular weight is 382 g/mol. The molecule has 2 atom stereocenters. The van der Waals surface area contributed by atoms with Gasteiger partial charge in [0.2, 0.25) is 5.91 Å². The van der Waals surface area contributed by atoms with Gasteiger partial charge >= 0.3 is 0 Å². The summed E-state index contributed by atoms with van der Waals surface area (Å²) >= 11 is 0. The Labute approximate surface area is 161 Å². The van der Waals surface area contributed by atoms with Gasteiger partial charge in [-0.3, -0.25) is 9.00 Å². The lowest BCUT2D eigenvalue weighted by molar-refractivity contribution is -0.116. The van der Waals surface area contributed by atoms with Crippen LogP contribution in [0.1, 0.15) is 19.8 Å². The van der Waals surface area contributed by atoms with Crippen molar-refractivity contribution in [2.45, 2.75) is 29.9 Å². The zero-order valence-corrected chi connectivity index (χ0v) is 16.2. The largest absolute Gasteiger partial charge is 0.497 e. The number of nitrogens with one attached hydrogen (secondary N) is 1. The number of benzene rings is 2. The number of hydrogen-bond acceptors (Lipinski definition) is 4. The first-order chi connectivity index (χ1) is 13.1. The first-order valence-electron chi connectivity index (χ1n) is 8.76. The summed E-state index contributed by atoms with van der Waals surface area (Å²) in [4.78, 5) is 17.3. The van der Waals surface area contributed by atoms with Crippen LogP contribution < -0.4 is 10.1 Å². The zero-order valence-electron chi connectivity index (χ0n) is 15.3. The highest BCUT2D eigenvalue weighted by molar-refractivity contribution is 7.85. The Morgan fingerprint density at radius 1 is 1.15 bits per heavy atom. The zero-order chi connectivity index (χ0) is 19.2. The van der Waals surface area contributed by atoms with Crippen LogP contribution in [0.2, 0.25) is 0 Å². The van der Waals surface area contributed by atoms with Crippen molar-refractivity contribution >= 4 is 33.3 Å². The van der Waals surface area contributed by atoms with Crippen LogP contribution in [-0.2, 0) is 15.6 Å². The second-order valence-electron chi connectivity index (χ2n) is 6.25. The van der Waals surface area contributed by atoms with Gasteiger partial charge in [0, 0.05) is 28.1 Å². The summed E-state index contributed by atoms with van der Waals surface area (Å²) in [6, 6.07) is 16.9. The number of carbonyl (C=O) groups is 1. The maximum Gasteiger partial charge on any atom is 0.225 e. The Morgan fingerprint density at radius 2 is 1.89 bits per heavy atom. The highest BCUT2D eigenvalue weighted by atomic mass is 32.2. The summed E-state index contributed by atoms with van der Waals surface area (Å²) < 4.78 is 17.7. The average Bonchev–Trinajstić information content (AvgIpc) is 2.72. The summed E-state index contributed by atoms with van der Waals surface area (Å²) in [7, 11) is 0.420. The summed E-state index contributed by atoms with van der Waals surface area (Å²) in [5.74, 6) is 1.16. The van der Waals surface area contributed by atoms with Crippen LogP contribution in [0.3, 0.4) is 0 Å². The number of carbonyl (C=O) groups excluding carboxylic acids is 1. The van der Waals surface area contributed by atoms with E-state index >= 15 is 0 Å². The Hall–Kier alpha value is -2.73. The number of rotatable bonds is 7. The van der Waals surface area contributed by atoms with Crippen LogP contribution in [0.15, 0.2) is 65.7 Å². The Kier molecular flexibility index (Phi) is 6.19. The first-order valence-corrected chi connectivity index (χ1v) is 9.98. The Bertz CT molecular complexity index is 952. The Balaban J connectivity index is 1.58. The third kappa shape index (κ3) is 4.71. The fourth-order valence-electron chi connectivity index (χ4n) is 2.80. The molecule has 1 amide bonds. The van der Waals surface area contributed by atoms with E-state index in [0.29, 0.717) is 12.2 Å². The van der Waals surface area contributed by atoms with Crippen LogP contribution in [0.4, 0.5) is 5.82 Å². The van der Waals surface area contributed by atoms with E-state index in [1.54, 1.807) is 37.6 Å². The normalized spacial score (nSPS) is 13.1. The van der Waals surface area contributed by atoms with Gasteiger partial charge in [-0.05, 0) is 42.1 Å². The third-order valence-electron chi connectivity index (χ3n) is 4.37. The van der Waals surface area contributed by atoms with Crippen LogP contribution in [0, 0.1) is 0 Å². The van der Waals surface area contributed by atoms with Gasteiger partial charge < -0.3 is 10.1 Å². The molecule has 0 spiro atoms.